The highest BCUT2D eigenvalue weighted by atomic mass is 16.7. The second-order valence-corrected chi connectivity index (χ2v) is 8.82. The standard InChI is InChI=1S/C24H25NO13/c1-8(26)34-19-15-13-6-14-18(33-7-32-14)20(35-9(2)27)16(13)24(31)25-17(15)21(36-10(3)28)23(38-12(5)30)22(19)37-11(4)29/h6,15,17,19,21-23H,7H2,1-5H3,(H,25,31)/t15-,17-,19-,21+,22+,23+/m1/s1. The maximum absolute atomic E-state index is 13.5. The minimum absolute atomic E-state index is 0.0123. The van der Waals surface area contributed by atoms with E-state index in [0.29, 0.717) is 0 Å². The summed E-state index contributed by atoms with van der Waals surface area (Å²) in [7, 11) is 0. The Bertz CT molecular complexity index is 1220. The summed E-state index contributed by atoms with van der Waals surface area (Å²) in [6.07, 6.45) is -5.66. The van der Waals surface area contributed by atoms with Crippen LogP contribution >= 0.6 is 0 Å². The molecule has 14 heteroatoms. The third-order valence-corrected chi connectivity index (χ3v) is 6.05. The molecule has 0 aromatic heterocycles. The van der Waals surface area contributed by atoms with Crippen LogP contribution in [-0.2, 0) is 42.9 Å². The van der Waals surface area contributed by atoms with Gasteiger partial charge in [0.25, 0.3) is 5.91 Å². The summed E-state index contributed by atoms with van der Waals surface area (Å²) in [6.45, 7) is 5.31. The highest BCUT2D eigenvalue weighted by Crippen LogP contribution is 2.52. The van der Waals surface area contributed by atoms with Crippen LogP contribution in [-0.4, -0.2) is 73.0 Å². The number of hydrogen-bond acceptors (Lipinski definition) is 13. The van der Waals surface area contributed by atoms with Crippen LogP contribution in [0.25, 0.3) is 0 Å². The fourth-order valence-corrected chi connectivity index (χ4v) is 5.04. The average molecular weight is 535 g/mol. The molecule has 1 saturated carbocycles. The third-order valence-electron chi connectivity index (χ3n) is 6.05. The first-order valence-electron chi connectivity index (χ1n) is 11.5. The molecule has 4 rings (SSSR count). The first-order chi connectivity index (χ1) is 17.9. The van der Waals surface area contributed by atoms with Crippen LogP contribution in [0.1, 0.15) is 56.5 Å². The topological polar surface area (TPSA) is 179 Å². The highest BCUT2D eigenvalue weighted by Gasteiger charge is 2.60. The van der Waals surface area contributed by atoms with Crippen molar-refractivity contribution in [2.45, 2.75) is 71.0 Å². The molecule has 3 aliphatic rings. The van der Waals surface area contributed by atoms with Gasteiger partial charge < -0.3 is 38.5 Å². The Morgan fingerprint density at radius 2 is 1.29 bits per heavy atom. The van der Waals surface area contributed by atoms with Crippen molar-refractivity contribution >= 4 is 35.8 Å². The molecule has 204 valence electrons. The van der Waals surface area contributed by atoms with Gasteiger partial charge in [0.2, 0.25) is 12.5 Å². The van der Waals surface area contributed by atoms with Gasteiger partial charge >= 0.3 is 29.8 Å². The van der Waals surface area contributed by atoms with E-state index in [-0.39, 0.29) is 35.2 Å². The van der Waals surface area contributed by atoms with Crippen molar-refractivity contribution in [2.75, 3.05) is 6.79 Å². The summed E-state index contributed by atoms with van der Waals surface area (Å²) in [5.41, 5.74) is 0.0398. The maximum Gasteiger partial charge on any atom is 0.308 e. The zero-order chi connectivity index (χ0) is 27.9. The van der Waals surface area contributed by atoms with Gasteiger partial charge in [0.1, 0.15) is 0 Å². The van der Waals surface area contributed by atoms with Crippen LogP contribution in [0.5, 0.6) is 17.2 Å². The van der Waals surface area contributed by atoms with Gasteiger partial charge in [-0.3, -0.25) is 28.8 Å². The van der Waals surface area contributed by atoms with Crippen LogP contribution in [0, 0.1) is 0 Å². The number of rotatable bonds is 5. The first kappa shape index (κ1) is 26.7. The Kier molecular flexibility index (Phi) is 7.16. The fraction of sp³-hybridized carbons (Fsp3) is 0.500. The zero-order valence-corrected chi connectivity index (χ0v) is 21.1. The van der Waals surface area contributed by atoms with Crippen molar-refractivity contribution in [1.29, 1.82) is 0 Å². The number of carbonyl (C=O) groups excluding carboxylic acids is 6. The van der Waals surface area contributed by atoms with E-state index in [4.69, 9.17) is 33.2 Å². The summed E-state index contributed by atoms with van der Waals surface area (Å²) in [5, 5.41) is 2.69. The molecule has 1 N–H and O–H groups in total. The van der Waals surface area contributed by atoms with Gasteiger partial charge in [0.15, 0.2) is 35.9 Å². The molecule has 38 heavy (non-hydrogen) atoms. The SMILES string of the molecule is CC(=O)Oc1c2c(cc3c1C(=O)N[C@H]1[C@H](OC(C)=O)[C@H](OC(C)=O)[C@@H](OC(C)=O)[C@H](OC(C)=O)[C@H]31)OCO2. The molecule has 0 bridgehead atoms. The molecule has 1 fully saturated rings. The smallest absolute Gasteiger partial charge is 0.308 e. The summed E-state index contributed by atoms with van der Waals surface area (Å²) in [4.78, 5) is 73.8. The van der Waals surface area contributed by atoms with Crippen LogP contribution in [0.15, 0.2) is 6.07 Å². The van der Waals surface area contributed by atoms with E-state index in [0.717, 1.165) is 34.6 Å². The van der Waals surface area contributed by atoms with Gasteiger partial charge in [-0.2, -0.15) is 0 Å². The summed E-state index contributed by atoms with van der Waals surface area (Å²) in [6, 6.07) is 0.296. The molecular formula is C24H25NO13. The van der Waals surface area contributed by atoms with Crippen LogP contribution in [0.3, 0.4) is 0 Å². The van der Waals surface area contributed by atoms with Crippen molar-refractivity contribution in [3.05, 3.63) is 17.2 Å². The molecule has 2 heterocycles. The van der Waals surface area contributed by atoms with Gasteiger partial charge in [0.05, 0.1) is 17.5 Å². The number of ether oxygens (including phenoxy) is 7. The van der Waals surface area contributed by atoms with E-state index in [1.54, 1.807) is 0 Å². The van der Waals surface area contributed by atoms with Gasteiger partial charge in [0, 0.05) is 34.6 Å². The second kappa shape index (κ2) is 10.2. The zero-order valence-electron chi connectivity index (χ0n) is 21.1. The molecule has 0 radical (unpaired) electrons. The minimum Gasteiger partial charge on any atom is -0.458 e. The molecule has 1 aliphatic carbocycles. The number of esters is 5. The minimum atomic E-state index is -1.46. The number of benzene rings is 1. The monoisotopic (exact) mass is 535 g/mol. The van der Waals surface area contributed by atoms with Gasteiger partial charge in [-0.15, -0.1) is 0 Å². The molecule has 2 aliphatic heterocycles. The Hall–Kier alpha value is -4.36. The predicted molar refractivity (Wildman–Crippen MR) is 120 cm³/mol. The summed E-state index contributed by atoms with van der Waals surface area (Å²) < 4.78 is 38.2. The van der Waals surface area contributed by atoms with Crippen LogP contribution in [0.4, 0.5) is 0 Å². The van der Waals surface area contributed by atoms with Gasteiger partial charge in [-0.05, 0) is 11.6 Å². The second-order valence-electron chi connectivity index (χ2n) is 8.82. The van der Waals surface area contributed by atoms with Crippen molar-refractivity contribution in [2.24, 2.45) is 0 Å². The average Bonchev–Trinajstić information content (AvgIpc) is 3.25. The fourth-order valence-electron chi connectivity index (χ4n) is 5.04. The number of nitrogens with one attached hydrogen (secondary N) is 1. The van der Waals surface area contributed by atoms with Crippen LogP contribution in [0.2, 0.25) is 0 Å². The molecule has 14 nitrogen and oxygen atoms in total. The third kappa shape index (κ3) is 4.93. The largest absolute Gasteiger partial charge is 0.458 e. The number of fused-ring (bicyclic) bond motifs is 4. The van der Waals surface area contributed by atoms with E-state index in [2.05, 4.69) is 5.32 Å². The molecule has 1 aromatic rings. The number of amides is 1. The normalized spacial score (nSPS) is 26.6. The lowest BCUT2D eigenvalue weighted by molar-refractivity contribution is -0.217. The lowest BCUT2D eigenvalue weighted by Gasteiger charge is -2.50. The van der Waals surface area contributed by atoms with E-state index in [1.165, 1.54) is 6.07 Å². The van der Waals surface area contributed by atoms with Crippen molar-refractivity contribution in [1.82, 2.24) is 5.32 Å². The molecule has 0 spiro atoms. The molecule has 0 unspecified atom stereocenters. The number of hydrogen-bond donors (Lipinski definition) is 1. The Labute approximate surface area is 215 Å². The predicted octanol–water partition coefficient (Wildman–Crippen LogP) is 0.277. The quantitative estimate of drug-likeness (QED) is 0.309. The molecule has 1 aromatic carbocycles. The van der Waals surface area contributed by atoms with Gasteiger partial charge in [-0.25, -0.2) is 0 Å². The molecule has 0 saturated heterocycles. The summed E-state index contributed by atoms with van der Waals surface area (Å²) in [5.74, 6) is -5.83. The van der Waals surface area contributed by atoms with E-state index in [9.17, 15) is 28.8 Å². The van der Waals surface area contributed by atoms with Crippen LogP contribution < -0.4 is 19.5 Å². The van der Waals surface area contributed by atoms with Gasteiger partial charge in [-0.1, -0.05) is 0 Å². The maximum atomic E-state index is 13.5. The molecule has 6 atom stereocenters. The highest BCUT2D eigenvalue weighted by molar-refractivity contribution is 6.02. The lowest BCUT2D eigenvalue weighted by Crippen LogP contribution is -2.69. The van der Waals surface area contributed by atoms with E-state index < -0.39 is 72.1 Å². The van der Waals surface area contributed by atoms with Crippen molar-refractivity contribution in [3.8, 4) is 17.2 Å². The molecule has 1 amide bonds. The van der Waals surface area contributed by atoms with Crippen molar-refractivity contribution < 1.29 is 61.9 Å². The lowest BCUT2D eigenvalue weighted by atomic mass is 9.69. The van der Waals surface area contributed by atoms with E-state index in [1.807, 2.05) is 0 Å². The number of carbonyl (C=O) groups is 6. The Morgan fingerprint density at radius 3 is 1.84 bits per heavy atom. The summed E-state index contributed by atoms with van der Waals surface area (Å²) >= 11 is 0. The van der Waals surface area contributed by atoms with E-state index >= 15 is 0 Å². The Balaban J connectivity index is 1.98. The molecular weight excluding hydrogens is 510 g/mol. The first-order valence-corrected chi connectivity index (χ1v) is 11.5. The van der Waals surface area contributed by atoms with Crippen molar-refractivity contribution in [3.63, 3.8) is 0 Å². The Morgan fingerprint density at radius 1 is 0.763 bits per heavy atom.